The Hall–Kier alpha value is -0.650. The van der Waals surface area contributed by atoms with Gasteiger partial charge in [0.25, 0.3) is 0 Å². The molecular weight excluding hydrogens is 823 g/mol. The fraction of sp³-hybridized carbons (Fsp3) is 0.984. The monoisotopic (exact) mass is 948 g/mol. The number of hydrogen-bond donors (Lipinski definition) is 4. The minimum atomic E-state index is -0.746. The van der Waals surface area contributed by atoms with Crippen LogP contribution in [0.1, 0.15) is 367 Å². The molecule has 0 bridgehead atoms. The molecule has 0 radical (unpaired) electrons. The van der Waals surface area contributed by atoms with Crippen LogP contribution in [0.3, 0.4) is 0 Å². The molecule has 0 saturated carbocycles. The fourth-order valence-corrected chi connectivity index (χ4v) is 10.4. The fourth-order valence-electron chi connectivity index (χ4n) is 10.4. The van der Waals surface area contributed by atoms with Crippen molar-refractivity contribution in [1.29, 1.82) is 0 Å². The summed E-state index contributed by atoms with van der Waals surface area (Å²) in [6.45, 7) is 4.32. The maximum Gasteiger partial charge on any atom is 0.222 e. The SMILES string of the molecule is CCCCCCCCCCCCCCCCCCCCCCCCCCCCCCCCCC(O)CC(=O)NC(CO)C(O)CCCCCCCCCCCCCCCCCCCCCCC. The van der Waals surface area contributed by atoms with E-state index in [9.17, 15) is 20.1 Å². The molecule has 4 N–H and O–H groups in total. The lowest BCUT2D eigenvalue weighted by atomic mass is 10.0. The van der Waals surface area contributed by atoms with Gasteiger partial charge in [-0.3, -0.25) is 4.79 Å². The molecule has 402 valence electrons. The van der Waals surface area contributed by atoms with E-state index in [4.69, 9.17) is 0 Å². The van der Waals surface area contributed by atoms with Crippen LogP contribution in [-0.4, -0.2) is 46.1 Å². The number of hydrogen-bond acceptors (Lipinski definition) is 4. The lowest BCUT2D eigenvalue weighted by Gasteiger charge is -2.23. The van der Waals surface area contributed by atoms with Gasteiger partial charge in [0.2, 0.25) is 5.91 Å². The van der Waals surface area contributed by atoms with Crippen molar-refractivity contribution < 1.29 is 20.1 Å². The van der Waals surface area contributed by atoms with Crippen molar-refractivity contribution in [2.45, 2.75) is 385 Å². The van der Waals surface area contributed by atoms with E-state index in [0.29, 0.717) is 12.8 Å². The summed E-state index contributed by atoms with van der Waals surface area (Å²) < 4.78 is 0. The Morgan fingerprint density at radius 1 is 0.313 bits per heavy atom. The van der Waals surface area contributed by atoms with Crippen LogP contribution in [0.25, 0.3) is 0 Å². The van der Waals surface area contributed by atoms with Crippen molar-refractivity contribution in [2.75, 3.05) is 6.61 Å². The number of aliphatic hydroxyl groups excluding tert-OH is 3. The summed E-state index contributed by atoms with van der Waals surface area (Å²) in [5.41, 5.74) is 0. The van der Waals surface area contributed by atoms with Gasteiger partial charge in [0.1, 0.15) is 0 Å². The molecule has 0 aromatic carbocycles. The normalized spacial score (nSPS) is 13.1. The third-order valence-corrected chi connectivity index (χ3v) is 15.2. The quantitative estimate of drug-likeness (QED) is 0.0457. The molecule has 0 fully saturated rings. The highest BCUT2D eigenvalue weighted by Gasteiger charge is 2.21. The topological polar surface area (TPSA) is 89.8 Å². The van der Waals surface area contributed by atoms with E-state index in [-0.39, 0.29) is 18.9 Å². The molecule has 0 aromatic heterocycles. The summed E-state index contributed by atoms with van der Waals surface area (Å²) in [5.74, 6) is -0.273. The minimum Gasteiger partial charge on any atom is -0.394 e. The third-order valence-electron chi connectivity index (χ3n) is 15.2. The summed E-state index contributed by atoms with van der Waals surface area (Å²) in [5, 5.41) is 33.7. The molecule has 5 nitrogen and oxygen atoms in total. The Bertz CT molecular complexity index is 914. The van der Waals surface area contributed by atoms with Crippen LogP contribution < -0.4 is 5.32 Å². The highest BCUT2D eigenvalue weighted by Crippen LogP contribution is 2.19. The maximum absolute atomic E-state index is 12.6. The van der Waals surface area contributed by atoms with E-state index in [1.165, 1.54) is 308 Å². The Labute approximate surface area is 421 Å². The second-order valence-electron chi connectivity index (χ2n) is 22.0. The van der Waals surface area contributed by atoms with E-state index < -0.39 is 18.2 Å². The average molecular weight is 949 g/mol. The summed E-state index contributed by atoms with van der Waals surface area (Å²) in [6.07, 6.45) is 71.5. The first-order valence-electron chi connectivity index (χ1n) is 31.3. The van der Waals surface area contributed by atoms with E-state index >= 15 is 0 Å². The number of aliphatic hydroxyl groups is 3. The summed E-state index contributed by atoms with van der Waals surface area (Å²) in [7, 11) is 0. The second-order valence-corrected chi connectivity index (χ2v) is 22.0. The van der Waals surface area contributed by atoms with Gasteiger partial charge in [-0.25, -0.2) is 0 Å². The number of rotatable bonds is 59. The number of carbonyl (C=O) groups is 1. The number of nitrogens with one attached hydrogen (secondary N) is 1. The van der Waals surface area contributed by atoms with Gasteiger partial charge in [0.05, 0.1) is 31.3 Å². The third kappa shape index (κ3) is 54.5. The number of unbranched alkanes of at least 4 members (excludes halogenated alkanes) is 50. The van der Waals surface area contributed by atoms with Gasteiger partial charge >= 0.3 is 0 Å². The molecular formula is C62H125NO4. The average Bonchev–Trinajstić information content (AvgIpc) is 3.32. The zero-order valence-corrected chi connectivity index (χ0v) is 46.1. The molecule has 0 spiro atoms. The van der Waals surface area contributed by atoms with E-state index in [0.717, 1.165) is 25.7 Å². The number of amides is 1. The lowest BCUT2D eigenvalue weighted by Crippen LogP contribution is -2.46. The van der Waals surface area contributed by atoms with Crippen molar-refractivity contribution >= 4 is 5.91 Å². The first-order valence-corrected chi connectivity index (χ1v) is 31.3. The van der Waals surface area contributed by atoms with Crippen LogP contribution >= 0.6 is 0 Å². The molecule has 3 atom stereocenters. The molecule has 0 aliphatic rings. The van der Waals surface area contributed by atoms with Gasteiger partial charge in [-0.15, -0.1) is 0 Å². The molecule has 0 aliphatic carbocycles. The van der Waals surface area contributed by atoms with Crippen molar-refractivity contribution in [3.8, 4) is 0 Å². The van der Waals surface area contributed by atoms with Crippen LogP contribution in [0.4, 0.5) is 0 Å². The van der Waals surface area contributed by atoms with E-state index in [1.807, 2.05) is 0 Å². The molecule has 5 heteroatoms. The first kappa shape index (κ1) is 66.3. The molecule has 67 heavy (non-hydrogen) atoms. The molecule has 0 aliphatic heterocycles. The van der Waals surface area contributed by atoms with E-state index in [1.54, 1.807) is 0 Å². The summed E-state index contributed by atoms with van der Waals surface area (Å²) in [6, 6.07) is -0.655. The van der Waals surface area contributed by atoms with Crippen molar-refractivity contribution in [3.05, 3.63) is 0 Å². The molecule has 0 aromatic rings. The standard InChI is InChI=1S/C62H125NO4/c1-3-5-7-9-11-13-15-17-19-21-23-25-26-27-28-29-30-31-32-33-34-36-37-39-41-43-45-47-49-51-53-55-59(65)57-62(67)63-60(58-64)61(66)56-54-52-50-48-46-44-42-40-38-35-24-22-20-18-16-14-12-10-8-6-4-2/h59-61,64-66H,3-58H2,1-2H3,(H,63,67). The molecule has 0 saturated heterocycles. The Balaban J connectivity index is 3.44. The summed E-state index contributed by atoms with van der Waals surface area (Å²) in [4.78, 5) is 12.6. The minimum absolute atomic E-state index is 0.0438. The Morgan fingerprint density at radius 2 is 0.507 bits per heavy atom. The Kier molecular flexibility index (Phi) is 57.4. The predicted octanol–water partition coefficient (Wildman–Crippen LogP) is 19.7. The molecule has 0 rings (SSSR count). The smallest absolute Gasteiger partial charge is 0.222 e. The van der Waals surface area contributed by atoms with E-state index in [2.05, 4.69) is 19.2 Å². The maximum atomic E-state index is 12.6. The molecule has 1 amide bonds. The largest absolute Gasteiger partial charge is 0.394 e. The van der Waals surface area contributed by atoms with Gasteiger partial charge in [0, 0.05) is 0 Å². The zero-order valence-electron chi connectivity index (χ0n) is 46.1. The van der Waals surface area contributed by atoms with Crippen LogP contribution in [0.2, 0.25) is 0 Å². The van der Waals surface area contributed by atoms with Gasteiger partial charge < -0.3 is 20.6 Å². The zero-order chi connectivity index (χ0) is 48.6. The van der Waals surface area contributed by atoms with Crippen LogP contribution in [0, 0.1) is 0 Å². The Morgan fingerprint density at radius 3 is 0.716 bits per heavy atom. The molecule has 3 unspecified atom stereocenters. The van der Waals surface area contributed by atoms with Gasteiger partial charge in [-0.05, 0) is 12.8 Å². The first-order chi connectivity index (χ1) is 33.0. The second kappa shape index (κ2) is 57.9. The number of carbonyl (C=O) groups excluding carboxylic acids is 1. The van der Waals surface area contributed by atoms with Crippen LogP contribution in [0.15, 0.2) is 0 Å². The highest BCUT2D eigenvalue weighted by atomic mass is 16.3. The summed E-state index contributed by atoms with van der Waals surface area (Å²) >= 11 is 0. The van der Waals surface area contributed by atoms with Crippen molar-refractivity contribution in [2.24, 2.45) is 0 Å². The van der Waals surface area contributed by atoms with Gasteiger partial charge in [0.15, 0.2) is 0 Å². The van der Waals surface area contributed by atoms with Crippen molar-refractivity contribution in [3.63, 3.8) is 0 Å². The van der Waals surface area contributed by atoms with Gasteiger partial charge in [-0.1, -0.05) is 348 Å². The van der Waals surface area contributed by atoms with Gasteiger partial charge in [-0.2, -0.15) is 0 Å². The van der Waals surface area contributed by atoms with Crippen LogP contribution in [-0.2, 0) is 4.79 Å². The molecule has 0 heterocycles. The van der Waals surface area contributed by atoms with Crippen molar-refractivity contribution in [1.82, 2.24) is 5.32 Å². The highest BCUT2D eigenvalue weighted by molar-refractivity contribution is 5.76. The predicted molar refractivity (Wildman–Crippen MR) is 296 cm³/mol. The lowest BCUT2D eigenvalue weighted by molar-refractivity contribution is -0.125. The van der Waals surface area contributed by atoms with Crippen LogP contribution in [0.5, 0.6) is 0 Å².